The average Bonchev–Trinajstić information content (AvgIpc) is 2.56. The molecule has 1 saturated carbocycles. The molecule has 1 saturated heterocycles. The number of rotatable bonds is 3. The Labute approximate surface area is 131 Å². The molecule has 0 atom stereocenters. The predicted octanol–water partition coefficient (Wildman–Crippen LogP) is 3.25. The van der Waals surface area contributed by atoms with Gasteiger partial charge in [-0.1, -0.05) is 48.7 Å². The van der Waals surface area contributed by atoms with Gasteiger partial charge in [0.2, 0.25) is 0 Å². The molecule has 0 N–H and O–H groups in total. The van der Waals surface area contributed by atoms with Crippen LogP contribution in [0.3, 0.4) is 0 Å². The monoisotopic (exact) mass is 304 g/mol. The number of ether oxygens (including phenoxy) is 2. The molecule has 2 fully saturated rings. The maximum Gasteiger partial charge on any atom is 0.183 e. The molecule has 0 aromatic heterocycles. The normalized spacial score (nSPS) is 34.0. The Morgan fingerprint density at radius 3 is 2.14 bits per heavy atom. The lowest BCUT2D eigenvalue weighted by Gasteiger charge is -2.37. The molecular weight excluding hydrogens is 276 g/mol. The highest BCUT2D eigenvalue weighted by Gasteiger charge is 2.31. The van der Waals surface area contributed by atoms with E-state index in [9.17, 15) is 0 Å². The summed E-state index contributed by atoms with van der Waals surface area (Å²) in [5.41, 5.74) is 2.43. The molecule has 0 spiro atoms. The quantitative estimate of drug-likeness (QED) is 0.798. The summed E-state index contributed by atoms with van der Waals surface area (Å²) in [7, 11) is 1.37. The molecule has 0 radical (unpaired) electrons. The standard InChI is InChI=1S/C18H28O2Si/c1-13-2-6-16(7-3-13)18-19-10-17(11-20-18)15-8-4-14(12-21)5-9-15/h2-3,6-7,14-15,17-18H,4-5,8-12H2,1,21H3. The third-order valence-electron chi connectivity index (χ3n) is 5.41. The summed E-state index contributed by atoms with van der Waals surface area (Å²) < 4.78 is 12.0. The lowest BCUT2D eigenvalue weighted by molar-refractivity contribution is -0.214. The molecule has 1 aliphatic heterocycles. The Kier molecular flexibility index (Phi) is 5.14. The fourth-order valence-electron chi connectivity index (χ4n) is 3.77. The number of benzene rings is 1. The van der Waals surface area contributed by atoms with Gasteiger partial charge >= 0.3 is 0 Å². The van der Waals surface area contributed by atoms with Crippen LogP contribution >= 0.6 is 0 Å². The molecule has 1 heterocycles. The second-order valence-electron chi connectivity index (χ2n) is 6.86. The van der Waals surface area contributed by atoms with Crippen molar-refractivity contribution in [2.75, 3.05) is 13.2 Å². The summed E-state index contributed by atoms with van der Waals surface area (Å²) in [5, 5.41) is 0. The molecule has 1 aliphatic carbocycles. The molecule has 1 aromatic rings. The third kappa shape index (κ3) is 3.76. The highest BCUT2D eigenvalue weighted by Crippen LogP contribution is 2.38. The molecular formula is C18H28O2Si. The van der Waals surface area contributed by atoms with E-state index in [2.05, 4.69) is 31.2 Å². The summed E-state index contributed by atoms with van der Waals surface area (Å²) in [6, 6.07) is 9.99. The van der Waals surface area contributed by atoms with Gasteiger partial charge in [-0.2, -0.15) is 0 Å². The van der Waals surface area contributed by atoms with E-state index in [1.165, 1.54) is 47.5 Å². The highest BCUT2D eigenvalue weighted by atomic mass is 28.1. The average molecular weight is 305 g/mol. The first-order valence-corrected chi connectivity index (χ1v) is 9.97. The molecule has 3 rings (SSSR count). The molecule has 116 valence electrons. The van der Waals surface area contributed by atoms with E-state index in [-0.39, 0.29) is 6.29 Å². The Bertz CT molecular complexity index is 429. The van der Waals surface area contributed by atoms with Gasteiger partial charge in [-0.15, -0.1) is 0 Å². The minimum Gasteiger partial charge on any atom is -0.348 e. The van der Waals surface area contributed by atoms with Gasteiger partial charge < -0.3 is 9.47 Å². The Balaban J connectivity index is 1.50. The second-order valence-corrected chi connectivity index (χ2v) is 7.67. The zero-order chi connectivity index (χ0) is 14.7. The van der Waals surface area contributed by atoms with Crippen LogP contribution in [0.15, 0.2) is 24.3 Å². The van der Waals surface area contributed by atoms with E-state index >= 15 is 0 Å². The number of hydrogen-bond acceptors (Lipinski definition) is 2. The third-order valence-corrected chi connectivity index (χ3v) is 6.56. The summed E-state index contributed by atoms with van der Waals surface area (Å²) in [6.07, 6.45) is 5.50. The lowest BCUT2D eigenvalue weighted by Crippen LogP contribution is -2.34. The SMILES string of the molecule is Cc1ccc(C2OCC(C3CCC(C[SiH3])CC3)CO2)cc1. The Morgan fingerprint density at radius 2 is 1.57 bits per heavy atom. The van der Waals surface area contributed by atoms with Crippen molar-refractivity contribution >= 4 is 10.2 Å². The van der Waals surface area contributed by atoms with Gasteiger partial charge in [0.1, 0.15) is 0 Å². The van der Waals surface area contributed by atoms with Gasteiger partial charge in [-0.25, -0.2) is 0 Å². The molecule has 2 nitrogen and oxygen atoms in total. The van der Waals surface area contributed by atoms with Crippen LogP contribution in [0.4, 0.5) is 0 Å². The molecule has 0 unspecified atom stereocenters. The van der Waals surface area contributed by atoms with Crippen LogP contribution in [0.2, 0.25) is 6.04 Å². The largest absolute Gasteiger partial charge is 0.348 e. The van der Waals surface area contributed by atoms with Gasteiger partial charge in [0, 0.05) is 21.7 Å². The van der Waals surface area contributed by atoms with Crippen molar-refractivity contribution < 1.29 is 9.47 Å². The summed E-state index contributed by atoms with van der Waals surface area (Å²) >= 11 is 0. The van der Waals surface area contributed by atoms with E-state index < -0.39 is 0 Å². The van der Waals surface area contributed by atoms with E-state index in [4.69, 9.17) is 9.47 Å². The van der Waals surface area contributed by atoms with E-state index in [1.807, 2.05) is 0 Å². The fraction of sp³-hybridized carbons (Fsp3) is 0.667. The highest BCUT2D eigenvalue weighted by molar-refractivity contribution is 6.08. The topological polar surface area (TPSA) is 18.5 Å². The van der Waals surface area contributed by atoms with Gasteiger partial charge in [0.05, 0.1) is 13.2 Å². The molecule has 0 amide bonds. The zero-order valence-corrected chi connectivity index (χ0v) is 15.4. The van der Waals surface area contributed by atoms with Crippen LogP contribution in [-0.2, 0) is 9.47 Å². The first-order chi connectivity index (χ1) is 10.3. The van der Waals surface area contributed by atoms with Crippen LogP contribution in [0, 0.1) is 24.7 Å². The van der Waals surface area contributed by atoms with Crippen LogP contribution in [0.25, 0.3) is 0 Å². The van der Waals surface area contributed by atoms with E-state index in [0.717, 1.165) is 30.6 Å². The van der Waals surface area contributed by atoms with E-state index in [1.54, 1.807) is 0 Å². The molecule has 21 heavy (non-hydrogen) atoms. The summed E-state index contributed by atoms with van der Waals surface area (Å²) in [6.45, 7) is 3.85. The minimum absolute atomic E-state index is 0.153. The Hall–Kier alpha value is -0.643. The van der Waals surface area contributed by atoms with Crippen molar-refractivity contribution in [2.24, 2.45) is 17.8 Å². The second kappa shape index (κ2) is 7.08. The number of hydrogen-bond donors (Lipinski definition) is 0. The molecule has 2 aliphatic rings. The van der Waals surface area contributed by atoms with Crippen molar-refractivity contribution in [3.8, 4) is 0 Å². The van der Waals surface area contributed by atoms with E-state index in [0.29, 0.717) is 5.92 Å². The summed E-state index contributed by atoms with van der Waals surface area (Å²) in [4.78, 5) is 0. The first-order valence-electron chi connectivity index (χ1n) is 8.56. The minimum atomic E-state index is -0.153. The zero-order valence-electron chi connectivity index (χ0n) is 13.4. The first kappa shape index (κ1) is 15.3. The molecule has 3 heteroatoms. The van der Waals surface area contributed by atoms with Gasteiger partial charge in [-0.3, -0.25) is 0 Å². The predicted molar refractivity (Wildman–Crippen MR) is 89.5 cm³/mol. The van der Waals surface area contributed by atoms with Crippen molar-refractivity contribution in [1.82, 2.24) is 0 Å². The van der Waals surface area contributed by atoms with Crippen molar-refractivity contribution in [2.45, 2.75) is 44.9 Å². The van der Waals surface area contributed by atoms with Crippen molar-refractivity contribution in [3.05, 3.63) is 35.4 Å². The van der Waals surface area contributed by atoms with Gasteiger partial charge in [0.25, 0.3) is 0 Å². The van der Waals surface area contributed by atoms with Gasteiger partial charge in [0.15, 0.2) is 6.29 Å². The van der Waals surface area contributed by atoms with Crippen LogP contribution in [0.1, 0.15) is 43.1 Å². The molecule has 0 bridgehead atoms. The lowest BCUT2D eigenvalue weighted by atomic mass is 9.76. The van der Waals surface area contributed by atoms with Crippen LogP contribution in [0.5, 0.6) is 0 Å². The van der Waals surface area contributed by atoms with Crippen LogP contribution < -0.4 is 0 Å². The maximum atomic E-state index is 6.01. The molecule has 1 aromatic carbocycles. The number of aryl methyl sites for hydroxylation is 1. The van der Waals surface area contributed by atoms with Crippen molar-refractivity contribution in [3.63, 3.8) is 0 Å². The van der Waals surface area contributed by atoms with Crippen molar-refractivity contribution in [1.29, 1.82) is 0 Å². The Morgan fingerprint density at radius 1 is 0.952 bits per heavy atom. The fourth-order valence-corrected chi connectivity index (χ4v) is 4.59. The summed E-state index contributed by atoms with van der Waals surface area (Å²) in [5.74, 6) is 2.47. The smallest absolute Gasteiger partial charge is 0.183 e. The maximum absolute atomic E-state index is 6.01. The van der Waals surface area contributed by atoms with Gasteiger partial charge in [-0.05, 0) is 31.6 Å². The van der Waals surface area contributed by atoms with Crippen LogP contribution in [-0.4, -0.2) is 23.5 Å².